The second-order valence-corrected chi connectivity index (χ2v) is 7.17. The molecule has 1 aliphatic heterocycles. The topological polar surface area (TPSA) is 86.3 Å². The maximum Gasteiger partial charge on any atom is 0.276 e. The van der Waals surface area contributed by atoms with Crippen molar-refractivity contribution in [2.45, 2.75) is 43.9 Å². The Morgan fingerprint density at radius 3 is 2.69 bits per heavy atom. The van der Waals surface area contributed by atoms with Crippen LogP contribution in [0.15, 0.2) is 36.5 Å². The van der Waals surface area contributed by atoms with Crippen LogP contribution >= 0.6 is 0 Å². The van der Waals surface area contributed by atoms with Crippen molar-refractivity contribution in [2.24, 2.45) is 5.73 Å². The lowest BCUT2D eigenvalue weighted by molar-refractivity contribution is -0.0230. The molecule has 138 valence electrons. The van der Waals surface area contributed by atoms with Crippen LogP contribution in [0.1, 0.15) is 53.9 Å². The molecular weight excluding hydrogens is 330 g/mol. The van der Waals surface area contributed by atoms with Crippen LogP contribution in [0.25, 0.3) is 0 Å². The first-order valence-corrected chi connectivity index (χ1v) is 9.34. The van der Waals surface area contributed by atoms with E-state index in [1.54, 1.807) is 6.20 Å². The van der Waals surface area contributed by atoms with Gasteiger partial charge in [0.05, 0.1) is 25.4 Å². The van der Waals surface area contributed by atoms with Crippen molar-refractivity contribution in [1.82, 2.24) is 19.9 Å². The SMILES string of the molecule is NC1CCC(n2cc(C(=O)N3CCO[C@H](c4ccccc4)C3)nn2)CC1. The van der Waals surface area contributed by atoms with Gasteiger partial charge in [-0.15, -0.1) is 5.10 Å². The summed E-state index contributed by atoms with van der Waals surface area (Å²) in [5.74, 6) is -0.0759. The number of morpholine rings is 1. The van der Waals surface area contributed by atoms with E-state index in [0.29, 0.717) is 37.5 Å². The predicted octanol–water partition coefficient (Wildman–Crippen LogP) is 1.93. The van der Waals surface area contributed by atoms with Gasteiger partial charge in [-0.1, -0.05) is 35.5 Å². The Bertz CT molecular complexity index is 739. The lowest BCUT2D eigenvalue weighted by Crippen LogP contribution is -2.42. The first kappa shape index (κ1) is 17.2. The van der Waals surface area contributed by atoms with Crippen molar-refractivity contribution >= 4 is 5.91 Å². The first-order chi connectivity index (χ1) is 12.7. The largest absolute Gasteiger partial charge is 0.370 e. The standard InChI is InChI=1S/C19H25N5O2/c20-15-6-8-16(9-7-15)24-12-17(21-22-24)19(25)23-10-11-26-18(13-23)14-4-2-1-3-5-14/h1-5,12,15-16,18H,6-11,13,20H2/t15?,16?,18-/m0/s1. The molecule has 0 bridgehead atoms. The van der Waals surface area contributed by atoms with Gasteiger partial charge < -0.3 is 15.4 Å². The van der Waals surface area contributed by atoms with Crippen LogP contribution in [0.3, 0.4) is 0 Å². The molecule has 1 aliphatic carbocycles. The summed E-state index contributed by atoms with van der Waals surface area (Å²) in [6, 6.07) is 10.6. The molecule has 0 unspecified atom stereocenters. The molecule has 1 saturated carbocycles. The van der Waals surface area contributed by atoms with Crippen LogP contribution in [-0.2, 0) is 4.74 Å². The van der Waals surface area contributed by atoms with E-state index in [4.69, 9.17) is 10.5 Å². The smallest absolute Gasteiger partial charge is 0.276 e. The predicted molar refractivity (Wildman–Crippen MR) is 96.5 cm³/mol. The number of rotatable bonds is 3. The third-order valence-corrected chi connectivity index (χ3v) is 5.37. The number of hydrogen-bond donors (Lipinski definition) is 1. The number of hydrogen-bond acceptors (Lipinski definition) is 5. The van der Waals surface area contributed by atoms with Gasteiger partial charge in [-0.2, -0.15) is 0 Å². The number of nitrogens with two attached hydrogens (primary N) is 1. The van der Waals surface area contributed by atoms with Crippen molar-refractivity contribution in [3.8, 4) is 0 Å². The van der Waals surface area contributed by atoms with Gasteiger partial charge in [0, 0.05) is 12.6 Å². The Hall–Kier alpha value is -2.25. The van der Waals surface area contributed by atoms with E-state index in [-0.39, 0.29) is 12.0 Å². The molecule has 0 radical (unpaired) electrons. The highest BCUT2D eigenvalue weighted by Gasteiger charge is 2.28. The van der Waals surface area contributed by atoms with Crippen LogP contribution in [0.5, 0.6) is 0 Å². The second kappa shape index (κ2) is 7.55. The molecule has 1 amide bonds. The highest BCUT2D eigenvalue weighted by molar-refractivity contribution is 5.92. The zero-order chi connectivity index (χ0) is 17.9. The number of carbonyl (C=O) groups excluding carboxylic acids is 1. The molecule has 0 spiro atoms. The van der Waals surface area contributed by atoms with E-state index in [2.05, 4.69) is 10.3 Å². The Morgan fingerprint density at radius 1 is 1.15 bits per heavy atom. The summed E-state index contributed by atoms with van der Waals surface area (Å²) in [7, 11) is 0. The molecule has 1 saturated heterocycles. The average molecular weight is 355 g/mol. The fraction of sp³-hybridized carbons (Fsp3) is 0.526. The molecule has 1 aromatic heterocycles. The van der Waals surface area contributed by atoms with Gasteiger partial charge in [-0.25, -0.2) is 4.68 Å². The van der Waals surface area contributed by atoms with Crippen molar-refractivity contribution in [3.05, 3.63) is 47.8 Å². The Morgan fingerprint density at radius 2 is 1.92 bits per heavy atom. The Balaban J connectivity index is 1.42. The maximum absolute atomic E-state index is 12.9. The van der Waals surface area contributed by atoms with Crippen molar-refractivity contribution < 1.29 is 9.53 Å². The minimum Gasteiger partial charge on any atom is -0.370 e. The molecule has 2 heterocycles. The lowest BCUT2D eigenvalue weighted by atomic mass is 9.92. The summed E-state index contributed by atoms with van der Waals surface area (Å²) in [6.45, 7) is 1.64. The summed E-state index contributed by atoms with van der Waals surface area (Å²) in [6.07, 6.45) is 5.67. The van der Waals surface area contributed by atoms with E-state index in [1.807, 2.05) is 39.9 Å². The van der Waals surface area contributed by atoms with Crippen LogP contribution < -0.4 is 5.73 Å². The number of nitrogens with zero attached hydrogens (tertiary/aromatic N) is 4. The number of benzene rings is 1. The molecule has 2 aliphatic rings. The van der Waals surface area contributed by atoms with Gasteiger partial charge in [0.15, 0.2) is 5.69 Å². The van der Waals surface area contributed by atoms with Crippen LogP contribution in [-0.4, -0.2) is 51.5 Å². The summed E-state index contributed by atoms with van der Waals surface area (Å²) >= 11 is 0. The van der Waals surface area contributed by atoms with E-state index in [1.165, 1.54) is 0 Å². The molecule has 2 aromatic rings. The normalized spacial score (nSPS) is 26.7. The van der Waals surface area contributed by atoms with Crippen LogP contribution in [0.2, 0.25) is 0 Å². The second-order valence-electron chi connectivity index (χ2n) is 7.17. The average Bonchev–Trinajstić information content (AvgIpc) is 3.19. The molecule has 7 nitrogen and oxygen atoms in total. The summed E-state index contributed by atoms with van der Waals surface area (Å²) < 4.78 is 7.69. The highest BCUT2D eigenvalue weighted by Crippen LogP contribution is 2.27. The molecule has 7 heteroatoms. The molecule has 2 fully saturated rings. The fourth-order valence-corrected chi connectivity index (χ4v) is 3.78. The molecular formula is C19H25N5O2. The molecule has 4 rings (SSSR count). The summed E-state index contributed by atoms with van der Waals surface area (Å²) in [5.41, 5.74) is 7.47. The fourth-order valence-electron chi connectivity index (χ4n) is 3.78. The Kier molecular flexibility index (Phi) is 4.99. The van der Waals surface area contributed by atoms with Crippen molar-refractivity contribution in [3.63, 3.8) is 0 Å². The van der Waals surface area contributed by atoms with E-state index >= 15 is 0 Å². The minimum absolute atomic E-state index is 0.0759. The van der Waals surface area contributed by atoms with E-state index in [0.717, 1.165) is 31.2 Å². The number of ether oxygens (including phenoxy) is 1. The molecule has 1 atom stereocenters. The zero-order valence-electron chi connectivity index (χ0n) is 14.8. The first-order valence-electron chi connectivity index (χ1n) is 9.34. The third-order valence-electron chi connectivity index (χ3n) is 5.37. The van der Waals surface area contributed by atoms with Crippen molar-refractivity contribution in [1.29, 1.82) is 0 Å². The lowest BCUT2D eigenvalue weighted by Gasteiger charge is -2.32. The van der Waals surface area contributed by atoms with E-state index in [9.17, 15) is 4.79 Å². The van der Waals surface area contributed by atoms with Gasteiger partial charge >= 0.3 is 0 Å². The summed E-state index contributed by atoms with van der Waals surface area (Å²) in [4.78, 5) is 14.7. The number of amides is 1. The quantitative estimate of drug-likeness (QED) is 0.909. The summed E-state index contributed by atoms with van der Waals surface area (Å²) in [5, 5.41) is 8.34. The highest BCUT2D eigenvalue weighted by atomic mass is 16.5. The van der Waals surface area contributed by atoms with Crippen molar-refractivity contribution in [2.75, 3.05) is 19.7 Å². The van der Waals surface area contributed by atoms with Gasteiger partial charge in [-0.3, -0.25) is 4.79 Å². The molecule has 2 N–H and O–H groups in total. The van der Waals surface area contributed by atoms with Gasteiger partial charge in [0.25, 0.3) is 5.91 Å². The van der Waals surface area contributed by atoms with Gasteiger partial charge in [-0.05, 0) is 31.2 Å². The maximum atomic E-state index is 12.9. The van der Waals surface area contributed by atoms with E-state index < -0.39 is 0 Å². The zero-order valence-corrected chi connectivity index (χ0v) is 14.8. The molecule has 1 aromatic carbocycles. The minimum atomic E-state index is -0.0937. The number of carbonyl (C=O) groups is 1. The molecule has 26 heavy (non-hydrogen) atoms. The van der Waals surface area contributed by atoms with Gasteiger partial charge in [0.2, 0.25) is 0 Å². The van der Waals surface area contributed by atoms with Crippen LogP contribution in [0, 0.1) is 0 Å². The monoisotopic (exact) mass is 355 g/mol. The van der Waals surface area contributed by atoms with Crippen LogP contribution in [0.4, 0.5) is 0 Å². The number of aromatic nitrogens is 3. The third kappa shape index (κ3) is 3.64. The Labute approximate surface area is 153 Å². The van der Waals surface area contributed by atoms with Gasteiger partial charge in [0.1, 0.15) is 6.10 Å².